The van der Waals surface area contributed by atoms with Crippen molar-refractivity contribution in [3.63, 3.8) is 0 Å². The number of hydrogen-bond acceptors (Lipinski definition) is 3. The summed E-state index contributed by atoms with van der Waals surface area (Å²) >= 11 is 0. The van der Waals surface area contributed by atoms with Crippen molar-refractivity contribution in [1.82, 2.24) is 0 Å². The van der Waals surface area contributed by atoms with E-state index in [1.165, 1.54) is 0 Å². The Kier molecular flexibility index (Phi) is 4.53. The van der Waals surface area contributed by atoms with Gasteiger partial charge in [0.15, 0.2) is 0 Å². The van der Waals surface area contributed by atoms with E-state index in [9.17, 15) is 8.42 Å². The van der Waals surface area contributed by atoms with E-state index in [1.807, 2.05) is 39.0 Å². The molecule has 0 aliphatic heterocycles. The zero-order valence-corrected chi connectivity index (χ0v) is 13.3. The van der Waals surface area contributed by atoms with Crippen LogP contribution >= 0.6 is 0 Å². The summed E-state index contributed by atoms with van der Waals surface area (Å²) in [6.07, 6.45) is 0. The summed E-state index contributed by atoms with van der Waals surface area (Å²) in [5, 5.41) is 3.14. The minimum absolute atomic E-state index is 0.256. The smallest absolute Gasteiger partial charge is 0.261 e. The van der Waals surface area contributed by atoms with E-state index in [0.717, 1.165) is 23.4 Å². The van der Waals surface area contributed by atoms with Crippen molar-refractivity contribution in [3.8, 4) is 0 Å². The minimum atomic E-state index is -3.57. The average Bonchev–Trinajstić information content (AvgIpc) is 2.44. The monoisotopic (exact) mass is 304 g/mol. The summed E-state index contributed by atoms with van der Waals surface area (Å²) in [6.45, 7) is 6.57. The first kappa shape index (κ1) is 15.4. The summed E-state index contributed by atoms with van der Waals surface area (Å²) in [7, 11) is -3.57. The second-order valence-corrected chi connectivity index (χ2v) is 6.61. The number of anilines is 2. The molecule has 0 saturated heterocycles. The molecular formula is C16H20N2O2S. The largest absolute Gasteiger partial charge is 0.385 e. The van der Waals surface area contributed by atoms with Gasteiger partial charge < -0.3 is 5.32 Å². The van der Waals surface area contributed by atoms with Crippen LogP contribution in [0.4, 0.5) is 11.4 Å². The van der Waals surface area contributed by atoms with Crippen LogP contribution in [0.5, 0.6) is 0 Å². The molecule has 0 bridgehead atoms. The SMILES string of the molecule is CCNc1ccc(S(=O)(=O)Nc2c(C)cccc2C)cc1. The highest BCUT2D eigenvalue weighted by Crippen LogP contribution is 2.24. The molecule has 0 saturated carbocycles. The molecule has 0 fully saturated rings. The van der Waals surface area contributed by atoms with Crippen LogP contribution in [0, 0.1) is 13.8 Å². The summed E-state index contributed by atoms with van der Waals surface area (Å²) in [5.41, 5.74) is 3.36. The lowest BCUT2D eigenvalue weighted by atomic mass is 10.1. The van der Waals surface area contributed by atoms with E-state index in [2.05, 4.69) is 10.0 Å². The number of hydrogen-bond donors (Lipinski definition) is 2. The van der Waals surface area contributed by atoms with Gasteiger partial charge in [0.1, 0.15) is 0 Å². The molecule has 21 heavy (non-hydrogen) atoms. The van der Waals surface area contributed by atoms with Gasteiger partial charge in [-0.05, 0) is 56.2 Å². The molecule has 4 nitrogen and oxygen atoms in total. The molecule has 112 valence electrons. The molecule has 2 aromatic carbocycles. The van der Waals surface area contributed by atoms with Gasteiger partial charge in [0.05, 0.1) is 10.6 Å². The van der Waals surface area contributed by atoms with Crippen LogP contribution in [0.2, 0.25) is 0 Å². The van der Waals surface area contributed by atoms with Gasteiger partial charge >= 0.3 is 0 Å². The summed E-state index contributed by atoms with van der Waals surface area (Å²) in [4.78, 5) is 0.256. The predicted molar refractivity (Wildman–Crippen MR) is 87.3 cm³/mol. The van der Waals surface area contributed by atoms with E-state index in [-0.39, 0.29) is 4.90 Å². The first-order valence-electron chi connectivity index (χ1n) is 6.87. The van der Waals surface area contributed by atoms with Crippen LogP contribution in [0.15, 0.2) is 47.4 Å². The number of aryl methyl sites for hydroxylation is 2. The Morgan fingerprint density at radius 2 is 1.52 bits per heavy atom. The molecule has 2 rings (SSSR count). The number of para-hydroxylation sites is 1. The second kappa shape index (κ2) is 6.18. The Labute approximate surface area is 126 Å². The minimum Gasteiger partial charge on any atom is -0.385 e. The first-order chi connectivity index (χ1) is 9.94. The van der Waals surface area contributed by atoms with Crippen molar-refractivity contribution in [2.75, 3.05) is 16.6 Å². The lowest BCUT2D eigenvalue weighted by Gasteiger charge is -2.13. The summed E-state index contributed by atoms with van der Waals surface area (Å²) in [5.74, 6) is 0. The van der Waals surface area contributed by atoms with Crippen LogP contribution in [0.25, 0.3) is 0 Å². The van der Waals surface area contributed by atoms with E-state index in [1.54, 1.807) is 24.3 Å². The highest BCUT2D eigenvalue weighted by molar-refractivity contribution is 7.92. The lowest BCUT2D eigenvalue weighted by molar-refractivity contribution is 0.601. The second-order valence-electron chi connectivity index (χ2n) is 4.93. The van der Waals surface area contributed by atoms with Crippen molar-refractivity contribution in [2.24, 2.45) is 0 Å². The Morgan fingerprint density at radius 1 is 0.952 bits per heavy atom. The van der Waals surface area contributed by atoms with Crippen LogP contribution in [0.1, 0.15) is 18.1 Å². The van der Waals surface area contributed by atoms with Gasteiger partial charge in [-0.25, -0.2) is 8.42 Å². The van der Waals surface area contributed by atoms with Gasteiger partial charge in [0.2, 0.25) is 0 Å². The molecule has 0 spiro atoms. The molecule has 0 unspecified atom stereocenters. The fourth-order valence-electron chi connectivity index (χ4n) is 2.12. The van der Waals surface area contributed by atoms with Crippen LogP contribution < -0.4 is 10.0 Å². The normalized spacial score (nSPS) is 11.2. The molecule has 5 heteroatoms. The van der Waals surface area contributed by atoms with Crippen LogP contribution in [-0.4, -0.2) is 15.0 Å². The molecular weight excluding hydrogens is 284 g/mol. The average molecular weight is 304 g/mol. The van der Waals surface area contributed by atoms with E-state index in [4.69, 9.17) is 0 Å². The maximum atomic E-state index is 12.4. The fraction of sp³-hybridized carbons (Fsp3) is 0.250. The fourth-order valence-corrected chi connectivity index (χ4v) is 3.33. The summed E-state index contributed by atoms with van der Waals surface area (Å²) < 4.78 is 27.6. The first-order valence-corrected chi connectivity index (χ1v) is 8.35. The van der Waals surface area contributed by atoms with E-state index in [0.29, 0.717) is 5.69 Å². The Hall–Kier alpha value is -2.01. The molecule has 0 aliphatic rings. The maximum absolute atomic E-state index is 12.4. The quantitative estimate of drug-likeness (QED) is 0.888. The standard InChI is InChI=1S/C16H20N2O2S/c1-4-17-14-8-10-15(11-9-14)21(19,20)18-16-12(2)6-5-7-13(16)3/h5-11,17-18H,4H2,1-3H3. The van der Waals surface area contributed by atoms with Crippen LogP contribution in [0.3, 0.4) is 0 Å². The molecule has 2 aromatic rings. The van der Waals surface area contributed by atoms with Gasteiger partial charge in [-0.15, -0.1) is 0 Å². The zero-order valence-electron chi connectivity index (χ0n) is 12.5. The highest BCUT2D eigenvalue weighted by atomic mass is 32.2. The van der Waals surface area contributed by atoms with Crippen molar-refractivity contribution in [2.45, 2.75) is 25.7 Å². The third-order valence-electron chi connectivity index (χ3n) is 3.26. The maximum Gasteiger partial charge on any atom is 0.261 e. The lowest BCUT2D eigenvalue weighted by Crippen LogP contribution is -2.14. The molecule has 2 N–H and O–H groups in total. The van der Waals surface area contributed by atoms with E-state index >= 15 is 0 Å². The van der Waals surface area contributed by atoms with Gasteiger partial charge in [-0.1, -0.05) is 18.2 Å². The Morgan fingerprint density at radius 3 is 2.05 bits per heavy atom. The zero-order chi connectivity index (χ0) is 15.5. The number of benzene rings is 2. The number of nitrogens with one attached hydrogen (secondary N) is 2. The topological polar surface area (TPSA) is 58.2 Å². The predicted octanol–water partition coefficient (Wildman–Crippen LogP) is 3.54. The highest BCUT2D eigenvalue weighted by Gasteiger charge is 2.16. The summed E-state index contributed by atoms with van der Waals surface area (Å²) in [6, 6.07) is 12.4. The number of rotatable bonds is 5. The van der Waals surface area contributed by atoms with Crippen molar-refractivity contribution < 1.29 is 8.42 Å². The third kappa shape index (κ3) is 3.55. The third-order valence-corrected chi connectivity index (χ3v) is 4.63. The van der Waals surface area contributed by atoms with Gasteiger partial charge in [-0.3, -0.25) is 4.72 Å². The van der Waals surface area contributed by atoms with Crippen molar-refractivity contribution in [1.29, 1.82) is 0 Å². The van der Waals surface area contributed by atoms with Crippen molar-refractivity contribution >= 4 is 21.4 Å². The molecule has 0 radical (unpaired) electrons. The Bertz CT molecular complexity index is 702. The van der Waals surface area contributed by atoms with Crippen LogP contribution in [-0.2, 0) is 10.0 Å². The van der Waals surface area contributed by atoms with E-state index < -0.39 is 10.0 Å². The molecule has 0 heterocycles. The molecule has 0 amide bonds. The number of sulfonamides is 1. The Balaban J connectivity index is 2.30. The molecule has 0 aliphatic carbocycles. The molecule has 0 atom stereocenters. The molecule has 0 aromatic heterocycles. The van der Waals surface area contributed by atoms with Gasteiger partial charge in [0, 0.05) is 12.2 Å². The van der Waals surface area contributed by atoms with Gasteiger partial charge in [0.25, 0.3) is 10.0 Å². The van der Waals surface area contributed by atoms with Gasteiger partial charge in [-0.2, -0.15) is 0 Å². The van der Waals surface area contributed by atoms with Crippen molar-refractivity contribution in [3.05, 3.63) is 53.6 Å².